The second kappa shape index (κ2) is 6.31. The number of anilines is 1. The highest BCUT2D eigenvalue weighted by Gasteiger charge is 2.09. The Bertz CT molecular complexity index is 615. The quantitative estimate of drug-likeness (QED) is 0.452. The van der Waals surface area contributed by atoms with Gasteiger partial charge in [-0.3, -0.25) is 9.78 Å². The van der Waals surface area contributed by atoms with Crippen molar-refractivity contribution in [2.75, 3.05) is 5.43 Å². The Morgan fingerprint density at radius 2 is 2.20 bits per heavy atom. The highest BCUT2D eigenvalue weighted by Crippen LogP contribution is 2.13. The third-order valence-corrected chi connectivity index (χ3v) is 2.82. The summed E-state index contributed by atoms with van der Waals surface area (Å²) in [6.45, 7) is 2.29. The molecule has 20 heavy (non-hydrogen) atoms. The van der Waals surface area contributed by atoms with Crippen LogP contribution >= 0.6 is 11.6 Å². The Morgan fingerprint density at radius 3 is 2.85 bits per heavy atom. The van der Waals surface area contributed by atoms with E-state index < -0.39 is 0 Å². The number of hydrazine groups is 1. The fraction of sp³-hybridized carbons (Fsp3) is 0.154. The molecular weight excluding hydrogens is 278 g/mol. The second-order valence-corrected chi connectivity index (χ2v) is 4.59. The third kappa shape index (κ3) is 3.66. The largest absolute Gasteiger partial charge is 0.348 e. The Morgan fingerprint density at radius 1 is 1.40 bits per heavy atom. The number of nitrogen functional groups attached to an aromatic ring is 1. The zero-order valence-electron chi connectivity index (χ0n) is 10.9. The number of aryl methyl sites for hydroxylation is 1. The number of nitrogens with two attached hydrogens (primary N) is 1. The topological polar surface area (TPSA) is 92.9 Å². The average molecular weight is 292 g/mol. The molecule has 2 aromatic rings. The molecule has 7 heteroatoms. The van der Waals surface area contributed by atoms with Crippen molar-refractivity contribution in [3.05, 3.63) is 52.4 Å². The number of aromatic nitrogens is 2. The van der Waals surface area contributed by atoms with Gasteiger partial charge in [0.05, 0.1) is 0 Å². The summed E-state index contributed by atoms with van der Waals surface area (Å²) in [5.74, 6) is 5.33. The van der Waals surface area contributed by atoms with E-state index >= 15 is 0 Å². The second-order valence-electron chi connectivity index (χ2n) is 4.20. The molecule has 0 atom stereocenters. The summed E-state index contributed by atoms with van der Waals surface area (Å²) in [4.78, 5) is 20.1. The number of rotatable bonds is 4. The molecule has 2 heterocycles. The zero-order chi connectivity index (χ0) is 14.5. The fourth-order valence-corrected chi connectivity index (χ4v) is 1.80. The molecule has 4 N–H and O–H groups in total. The fourth-order valence-electron chi connectivity index (χ4n) is 1.59. The van der Waals surface area contributed by atoms with Gasteiger partial charge < -0.3 is 10.7 Å². The van der Waals surface area contributed by atoms with Crippen LogP contribution in [0.4, 0.5) is 5.82 Å². The summed E-state index contributed by atoms with van der Waals surface area (Å²) in [6, 6.07) is 6.80. The third-order valence-electron chi connectivity index (χ3n) is 2.63. The molecule has 0 fully saturated rings. The van der Waals surface area contributed by atoms with Gasteiger partial charge in [0.1, 0.15) is 11.0 Å². The normalized spacial score (nSPS) is 10.2. The number of hydrogen-bond acceptors (Lipinski definition) is 5. The van der Waals surface area contributed by atoms with Gasteiger partial charge in [0.25, 0.3) is 5.91 Å². The highest BCUT2D eigenvalue weighted by atomic mass is 35.5. The first-order valence-corrected chi connectivity index (χ1v) is 6.30. The van der Waals surface area contributed by atoms with Gasteiger partial charge in [-0.2, -0.15) is 0 Å². The van der Waals surface area contributed by atoms with Crippen molar-refractivity contribution < 1.29 is 4.79 Å². The van der Waals surface area contributed by atoms with Crippen molar-refractivity contribution in [3.8, 4) is 0 Å². The molecule has 2 aromatic heterocycles. The van der Waals surface area contributed by atoms with Crippen LogP contribution in [0.3, 0.4) is 0 Å². The summed E-state index contributed by atoms with van der Waals surface area (Å²) < 4.78 is 0. The highest BCUT2D eigenvalue weighted by molar-refractivity contribution is 6.29. The number of amides is 1. The van der Waals surface area contributed by atoms with E-state index in [9.17, 15) is 4.79 Å². The van der Waals surface area contributed by atoms with E-state index in [4.69, 9.17) is 17.4 Å². The van der Waals surface area contributed by atoms with E-state index in [1.54, 1.807) is 6.20 Å². The molecule has 0 aromatic carbocycles. The first-order valence-electron chi connectivity index (χ1n) is 5.92. The van der Waals surface area contributed by atoms with Crippen molar-refractivity contribution >= 4 is 23.3 Å². The monoisotopic (exact) mass is 291 g/mol. The van der Waals surface area contributed by atoms with Crippen molar-refractivity contribution in [2.24, 2.45) is 5.84 Å². The van der Waals surface area contributed by atoms with Crippen LogP contribution in [-0.4, -0.2) is 15.9 Å². The van der Waals surface area contributed by atoms with Gasteiger partial charge in [-0.25, -0.2) is 10.8 Å². The predicted molar refractivity (Wildman–Crippen MR) is 77.2 cm³/mol. The maximum Gasteiger partial charge on any atom is 0.251 e. The lowest BCUT2D eigenvalue weighted by atomic mass is 10.2. The standard InChI is InChI=1S/C13H14ClN5O/c1-8-2-3-9(6-16-8)7-17-13(20)10-4-11(14)18-12(5-10)19-15/h2-6H,7,15H2,1H3,(H,17,20)(H,18,19). The number of carbonyl (C=O) groups is 1. The Hall–Kier alpha value is -2.18. The molecule has 0 aliphatic carbocycles. The molecule has 1 amide bonds. The van der Waals surface area contributed by atoms with Crippen molar-refractivity contribution in [1.82, 2.24) is 15.3 Å². The first-order chi connectivity index (χ1) is 9.58. The van der Waals surface area contributed by atoms with E-state index in [1.165, 1.54) is 12.1 Å². The maximum atomic E-state index is 12.0. The van der Waals surface area contributed by atoms with Gasteiger partial charge in [-0.1, -0.05) is 17.7 Å². The Labute approximate surface area is 121 Å². The van der Waals surface area contributed by atoms with Gasteiger partial charge in [0.2, 0.25) is 0 Å². The smallest absolute Gasteiger partial charge is 0.251 e. The lowest BCUT2D eigenvalue weighted by molar-refractivity contribution is 0.0951. The molecule has 0 aliphatic heterocycles. The van der Waals surface area contributed by atoms with E-state index in [2.05, 4.69) is 20.7 Å². The summed E-state index contributed by atoms with van der Waals surface area (Å²) in [5, 5.41) is 2.98. The predicted octanol–water partition coefficient (Wildman–Crippen LogP) is 1.65. The van der Waals surface area contributed by atoms with Gasteiger partial charge in [0.15, 0.2) is 0 Å². The molecule has 0 radical (unpaired) electrons. The van der Waals surface area contributed by atoms with Gasteiger partial charge in [-0.05, 0) is 30.7 Å². The molecule has 0 aliphatic rings. The van der Waals surface area contributed by atoms with Crippen molar-refractivity contribution in [1.29, 1.82) is 0 Å². The van der Waals surface area contributed by atoms with Crippen molar-refractivity contribution in [3.63, 3.8) is 0 Å². The van der Waals surface area contributed by atoms with E-state index in [1.807, 2.05) is 19.1 Å². The molecule has 0 unspecified atom stereocenters. The van der Waals surface area contributed by atoms with E-state index in [-0.39, 0.29) is 11.1 Å². The number of hydrogen-bond donors (Lipinski definition) is 3. The number of carbonyl (C=O) groups excluding carboxylic acids is 1. The minimum absolute atomic E-state index is 0.197. The van der Waals surface area contributed by atoms with E-state index in [0.717, 1.165) is 11.3 Å². The zero-order valence-corrected chi connectivity index (χ0v) is 11.6. The maximum absolute atomic E-state index is 12.0. The SMILES string of the molecule is Cc1ccc(CNC(=O)c2cc(Cl)nc(NN)c2)cn1. The molecule has 0 saturated heterocycles. The lowest BCUT2D eigenvalue weighted by Crippen LogP contribution is -2.23. The molecule has 104 valence electrons. The van der Waals surface area contributed by atoms with Gasteiger partial charge in [0, 0.05) is 24.0 Å². The summed E-state index contributed by atoms with van der Waals surface area (Å²) in [5.41, 5.74) is 4.59. The van der Waals surface area contributed by atoms with E-state index in [0.29, 0.717) is 17.9 Å². The molecule has 0 spiro atoms. The van der Waals surface area contributed by atoms with Gasteiger partial charge >= 0.3 is 0 Å². The van der Waals surface area contributed by atoms with Gasteiger partial charge in [-0.15, -0.1) is 0 Å². The number of halogens is 1. The van der Waals surface area contributed by atoms with Crippen LogP contribution < -0.4 is 16.6 Å². The van der Waals surface area contributed by atoms with Crippen LogP contribution in [-0.2, 0) is 6.54 Å². The summed E-state index contributed by atoms with van der Waals surface area (Å²) >= 11 is 5.81. The van der Waals surface area contributed by atoms with Crippen LogP contribution in [0, 0.1) is 6.92 Å². The summed E-state index contributed by atoms with van der Waals surface area (Å²) in [6.07, 6.45) is 1.72. The molecule has 0 bridgehead atoms. The minimum Gasteiger partial charge on any atom is -0.348 e. The lowest BCUT2D eigenvalue weighted by Gasteiger charge is -2.07. The van der Waals surface area contributed by atoms with Crippen LogP contribution in [0.25, 0.3) is 0 Å². The molecule has 6 nitrogen and oxygen atoms in total. The first kappa shape index (κ1) is 14.2. The van der Waals surface area contributed by atoms with Crippen LogP contribution in [0.15, 0.2) is 30.5 Å². The number of nitrogens with zero attached hydrogens (tertiary/aromatic N) is 2. The number of nitrogens with one attached hydrogen (secondary N) is 2. The number of pyridine rings is 2. The minimum atomic E-state index is -0.258. The molecule has 2 rings (SSSR count). The van der Waals surface area contributed by atoms with Crippen LogP contribution in [0.5, 0.6) is 0 Å². The summed E-state index contributed by atoms with van der Waals surface area (Å²) in [7, 11) is 0. The Balaban J connectivity index is 2.04. The van der Waals surface area contributed by atoms with Crippen molar-refractivity contribution in [2.45, 2.75) is 13.5 Å². The average Bonchev–Trinajstić information content (AvgIpc) is 2.45. The van der Waals surface area contributed by atoms with Crippen LogP contribution in [0.2, 0.25) is 5.15 Å². The Kier molecular flexibility index (Phi) is 4.49. The molecule has 0 saturated carbocycles. The van der Waals surface area contributed by atoms with Crippen LogP contribution in [0.1, 0.15) is 21.6 Å². The molecular formula is C13H14ClN5O.